The van der Waals surface area contributed by atoms with Gasteiger partial charge in [-0.1, -0.05) is 72.8 Å². The second-order valence-electron chi connectivity index (χ2n) is 7.30. The number of anilines is 1. The van der Waals surface area contributed by atoms with Gasteiger partial charge in [-0.05, 0) is 61.6 Å². The molecule has 0 atom stereocenters. The molecule has 0 heterocycles. The quantitative estimate of drug-likeness (QED) is 0.248. The van der Waals surface area contributed by atoms with E-state index in [9.17, 15) is 0 Å². The first-order chi connectivity index (χ1) is 13.2. The SMILES string of the molecule is CN(C)c1ccc(-c2c3ccccc3cc3c2ccc2ccccc23)cc1. The molecule has 0 aliphatic heterocycles. The van der Waals surface area contributed by atoms with Gasteiger partial charge in [0.1, 0.15) is 0 Å². The summed E-state index contributed by atoms with van der Waals surface area (Å²) in [5.74, 6) is 0. The van der Waals surface area contributed by atoms with Gasteiger partial charge in [0.2, 0.25) is 0 Å². The molecule has 1 heteroatoms. The van der Waals surface area contributed by atoms with Crippen LogP contribution < -0.4 is 4.90 Å². The third kappa shape index (κ3) is 2.55. The molecule has 27 heavy (non-hydrogen) atoms. The van der Waals surface area contributed by atoms with Crippen molar-refractivity contribution in [1.29, 1.82) is 0 Å². The third-order valence-electron chi connectivity index (χ3n) is 5.44. The van der Waals surface area contributed by atoms with Crippen LogP contribution in [-0.2, 0) is 0 Å². The van der Waals surface area contributed by atoms with Crippen LogP contribution in [0.1, 0.15) is 0 Å². The molecule has 1 nitrogen and oxygen atoms in total. The second kappa shape index (κ2) is 6.14. The number of hydrogen-bond donors (Lipinski definition) is 0. The van der Waals surface area contributed by atoms with Crippen molar-refractivity contribution in [3.8, 4) is 11.1 Å². The van der Waals surface area contributed by atoms with Crippen molar-refractivity contribution in [1.82, 2.24) is 0 Å². The second-order valence-corrected chi connectivity index (χ2v) is 7.30. The van der Waals surface area contributed by atoms with E-state index in [0.717, 1.165) is 0 Å². The Balaban J connectivity index is 1.91. The largest absolute Gasteiger partial charge is 0.378 e. The van der Waals surface area contributed by atoms with E-state index in [1.165, 1.54) is 49.1 Å². The number of rotatable bonds is 2. The van der Waals surface area contributed by atoms with E-state index in [4.69, 9.17) is 0 Å². The van der Waals surface area contributed by atoms with Crippen LogP contribution in [0.4, 0.5) is 5.69 Å². The Morgan fingerprint density at radius 2 is 1.19 bits per heavy atom. The van der Waals surface area contributed by atoms with Crippen molar-refractivity contribution >= 4 is 38.0 Å². The van der Waals surface area contributed by atoms with E-state index >= 15 is 0 Å². The predicted octanol–water partition coefficient (Wildman–Crippen LogP) is 6.88. The van der Waals surface area contributed by atoms with Crippen molar-refractivity contribution in [2.75, 3.05) is 19.0 Å². The van der Waals surface area contributed by atoms with E-state index in [2.05, 4.69) is 110 Å². The van der Waals surface area contributed by atoms with Gasteiger partial charge in [-0.2, -0.15) is 0 Å². The molecule has 0 amide bonds. The Bertz CT molecular complexity index is 1280. The van der Waals surface area contributed by atoms with Crippen LogP contribution in [0.3, 0.4) is 0 Å². The highest BCUT2D eigenvalue weighted by molar-refractivity contribution is 6.20. The third-order valence-corrected chi connectivity index (χ3v) is 5.44. The van der Waals surface area contributed by atoms with Crippen LogP contribution in [-0.4, -0.2) is 14.1 Å². The molecule has 5 rings (SSSR count). The minimum absolute atomic E-state index is 1.22. The first kappa shape index (κ1) is 15.9. The summed E-state index contributed by atoms with van der Waals surface area (Å²) in [6.45, 7) is 0. The summed E-state index contributed by atoms with van der Waals surface area (Å²) in [5, 5.41) is 7.82. The van der Waals surface area contributed by atoms with Crippen molar-refractivity contribution in [3.63, 3.8) is 0 Å². The topological polar surface area (TPSA) is 3.24 Å². The van der Waals surface area contributed by atoms with E-state index in [0.29, 0.717) is 0 Å². The normalized spacial score (nSPS) is 11.3. The standard InChI is InChI=1S/C26H21N/c1-27(2)21-14-11-19(12-15-21)26-23-10-6-4-8-20(23)17-25-22-9-5-3-7-18(22)13-16-24(25)26/h3-17H,1-2H3. The van der Waals surface area contributed by atoms with E-state index < -0.39 is 0 Å². The first-order valence-corrected chi connectivity index (χ1v) is 9.33. The molecule has 0 N–H and O–H groups in total. The average molecular weight is 347 g/mol. The number of benzene rings is 5. The van der Waals surface area contributed by atoms with Gasteiger partial charge in [-0.15, -0.1) is 0 Å². The molecule has 5 aromatic carbocycles. The first-order valence-electron chi connectivity index (χ1n) is 9.33. The molecule has 5 aromatic rings. The molecule has 0 saturated heterocycles. The molecule has 0 bridgehead atoms. The lowest BCUT2D eigenvalue weighted by Gasteiger charge is -2.16. The minimum Gasteiger partial charge on any atom is -0.378 e. The fourth-order valence-corrected chi connectivity index (χ4v) is 4.06. The van der Waals surface area contributed by atoms with Crippen LogP contribution >= 0.6 is 0 Å². The van der Waals surface area contributed by atoms with Crippen LogP contribution in [0.15, 0.2) is 91.0 Å². The molecule has 130 valence electrons. The molecule has 0 aliphatic rings. The van der Waals surface area contributed by atoms with Gasteiger partial charge < -0.3 is 4.90 Å². The van der Waals surface area contributed by atoms with Gasteiger partial charge >= 0.3 is 0 Å². The fourth-order valence-electron chi connectivity index (χ4n) is 4.06. The smallest absolute Gasteiger partial charge is 0.0361 e. The lowest BCUT2D eigenvalue weighted by atomic mass is 9.90. The highest BCUT2D eigenvalue weighted by atomic mass is 15.1. The van der Waals surface area contributed by atoms with Crippen LogP contribution in [0, 0.1) is 0 Å². The summed E-state index contributed by atoms with van der Waals surface area (Å²) in [7, 11) is 4.16. The number of hydrogen-bond acceptors (Lipinski definition) is 1. The van der Waals surface area contributed by atoms with Crippen molar-refractivity contribution in [2.45, 2.75) is 0 Å². The van der Waals surface area contributed by atoms with Gasteiger partial charge in [0.25, 0.3) is 0 Å². The molecule has 0 aromatic heterocycles. The van der Waals surface area contributed by atoms with Gasteiger partial charge in [-0.3, -0.25) is 0 Å². The summed E-state index contributed by atoms with van der Waals surface area (Å²) < 4.78 is 0. The highest BCUT2D eigenvalue weighted by Crippen LogP contribution is 2.39. The average Bonchev–Trinajstić information content (AvgIpc) is 2.72. The van der Waals surface area contributed by atoms with Crippen LogP contribution in [0.5, 0.6) is 0 Å². The Morgan fingerprint density at radius 1 is 0.519 bits per heavy atom. The Hall–Kier alpha value is -3.32. The zero-order chi connectivity index (χ0) is 18.4. The van der Waals surface area contributed by atoms with Crippen molar-refractivity contribution in [2.24, 2.45) is 0 Å². The predicted molar refractivity (Wildman–Crippen MR) is 119 cm³/mol. The van der Waals surface area contributed by atoms with Gasteiger partial charge in [0, 0.05) is 19.8 Å². The zero-order valence-electron chi connectivity index (χ0n) is 15.6. The number of nitrogens with zero attached hydrogens (tertiary/aromatic N) is 1. The van der Waals surface area contributed by atoms with Crippen molar-refractivity contribution in [3.05, 3.63) is 91.0 Å². The van der Waals surface area contributed by atoms with Crippen LogP contribution in [0.2, 0.25) is 0 Å². The van der Waals surface area contributed by atoms with E-state index in [-0.39, 0.29) is 0 Å². The lowest BCUT2D eigenvalue weighted by Crippen LogP contribution is -2.07. The van der Waals surface area contributed by atoms with E-state index in [1.807, 2.05) is 0 Å². The summed E-state index contributed by atoms with van der Waals surface area (Å²) in [6, 6.07) is 33.1. The van der Waals surface area contributed by atoms with Gasteiger partial charge in [0.15, 0.2) is 0 Å². The summed E-state index contributed by atoms with van der Waals surface area (Å²) in [5.41, 5.74) is 3.80. The minimum atomic E-state index is 1.22. The summed E-state index contributed by atoms with van der Waals surface area (Å²) >= 11 is 0. The van der Waals surface area contributed by atoms with Crippen LogP contribution in [0.25, 0.3) is 43.4 Å². The van der Waals surface area contributed by atoms with Gasteiger partial charge in [0.05, 0.1) is 0 Å². The maximum absolute atomic E-state index is 2.34. The fraction of sp³-hybridized carbons (Fsp3) is 0.0769. The lowest BCUT2D eigenvalue weighted by molar-refractivity contribution is 1.13. The summed E-state index contributed by atoms with van der Waals surface area (Å²) in [6.07, 6.45) is 0. The summed E-state index contributed by atoms with van der Waals surface area (Å²) in [4.78, 5) is 2.14. The maximum Gasteiger partial charge on any atom is 0.0361 e. The molecule has 0 unspecified atom stereocenters. The molecule has 0 fully saturated rings. The van der Waals surface area contributed by atoms with Crippen molar-refractivity contribution < 1.29 is 0 Å². The van der Waals surface area contributed by atoms with E-state index in [1.54, 1.807) is 0 Å². The molecular formula is C26H21N. The monoisotopic (exact) mass is 347 g/mol. The highest BCUT2D eigenvalue weighted by Gasteiger charge is 2.12. The molecule has 0 aliphatic carbocycles. The molecule has 0 saturated carbocycles. The molecule has 0 radical (unpaired) electrons. The number of fused-ring (bicyclic) bond motifs is 4. The van der Waals surface area contributed by atoms with Gasteiger partial charge in [-0.25, -0.2) is 0 Å². The Kier molecular flexibility index (Phi) is 3.61. The Morgan fingerprint density at radius 3 is 1.93 bits per heavy atom. The molecule has 0 spiro atoms. The molecular weight excluding hydrogens is 326 g/mol. The Labute approximate surface area is 159 Å². The maximum atomic E-state index is 2.34. The zero-order valence-corrected chi connectivity index (χ0v) is 15.6.